The zero-order valence-electron chi connectivity index (χ0n) is 16.4. The first-order valence-electron chi connectivity index (χ1n) is 10.2. The topological polar surface area (TPSA) is 123 Å². The number of Topliss-reactive ketones (excluding diaryl/α,β-unsaturated/α-hetero) is 1. The van der Waals surface area contributed by atoms with Crippen LogP contribution in [0, 0.1) is 11.8 Å². The van der Waals surface area contributed by atoms with E-state index in [1.807, 2.05) is 0 Å². The summed E-state index contributed by atoms with van der Waals surface area (Å²) in [4.78, 5) is 51.3. The third-order valence-electron chi connectivity index (χ3n) is 5.79. The van der Waals surface area contributed by atoms with Crippen molar-refractivity contribution in [3.63, 3.8) is 0 Å². The number of ketones is 1. The first-order valence-corrected chi connectivity index (χ1v) is 10.2. The van der Waals surface area contributed by atoms with E-state index < -0.39 is 12.0 Å². The number of hydroxylamine groups is 2. The van der Waals surface area contributed by atoms with Gasteiger partial charge in [0.05, 0.1) is 12.5 Å². The molecule has 1 aromatic heterocycles. The summed E-state index contributed by atoms with van der Waals surface area (Å²) in [6.45, 7) is 0.393. The number of aromatic amines is 1. The number of carbonyl (C=O) groups is 3. The largest absolute Gasteiger partial charge is 0.364 e. The number of rotatable bonds is 9. The second-order valence-electron chi connectivity index (χ2n) is 7.92. The van der Waals surface area contributed by atoms with Crippen LogP contribution < -0.4 is 10.9 Å². The molecule has 2 aliphatic rings. The molecule has 9 heteroatoms. The molecule has 1 aliphatic heterocycles. The first-order chi connectivity index (χ1) is 14.0. The summed E-state index contributed by atoms with van der Waals surface area (Å²) in [5.41, 5.74) is 3.31. The van der Waals surface area contributed by atoms with Gasteiger partial charge in [-0.15, -0.1) is 0 Å². The quantitative estimate of drug-likeness (QED) is 0.315. The Bertz CT molecular complexity index is 789. The van der Waals surface area contributed by atoms with Crippen molar-refractivity contribution >= 4 is 18.1 Å². The number of amides is 2. The SMILES string of the molecule is O=CN(O)C[C@@H](CC1CCCC1)C(=O)N1NCC[C@H]1C(=O)Cc1cc(=O)cc[nH]1. The molecule has 0 unspecified atom stereocenters. The van der Waals surface area contributed by atoms with Crippen LogP contribution in [0.25, 0.3) is 0 Å². The van der Waals surface area contributed by atoms with Crippen LogP contribution in [0.2, 0.25) is 0 Å². The molecular weight excluding hydrogens is 376 g/mol. The van der Waals surface area contributed by atoms with Gasteiger partial charge in [0.2, 0.25) is 12.3 Å². The molecule has 0 aromatic carbocycles. The number of nitrogens with one attached hydrogen (secondary N) is 2. The van der Waals surface area contributed by atoms with E-state index in [0.717, 1.165) is 25.7 Å². The van der Waals surface area contributed by atoms with E-state index in [1.54, 1.807) is 0 Å². The van der Waals surface area contributed by atoms with Crippen LogP contribution in [-0.4, -0.2) is 57.5 Å². The van der Waals surface area contributed by atoms with E-state index in [0.29, 0.717) is 42.5 Å². The second-order valence-corrected chi connectivity index (χ2v) is 7.92. The Morgan fingerprint density at radius 1 is 1.31 bits per heavy atom. The molecule has 0 bridgehead atoms. The lowest BCUT2D eigenvalue weighted by molar-refractivity contribution is -0.159. The molecule has 2 heterocycles. The highest BCUT2D eigenvalue weighted by Crippen LogP contribution is 2.31. The van der Waals surface area contributed by atoms with Crippen molar-refractivity contribution in [1.29, 1.82) is 0 Å². The van der Waals surface area contributed by atoms with Gasteiger partial charge < -0.3 is 4.98 Å². The lowest BCUT2D eigenvalue weighted by Crippen LogP contribution is -2.51. The van der Waals surface area contributed by atoms with Gasteiger partial charge >= 0.3 is 0 Å². The van der Waals surface area contributed by atoms with Gasteiger partial charge in [-0.3, -0.25) is 29.4 Å². The molecule has 3 rings (SSSR count). The fourth-order valence-corrected chi connectivity index (χ4v) is 4.36. The van der Waals surface area contributed by atoms with Crippen LogP contribution in [0.15, 0.2) is 23.1 Å². The fraction of sp³-hybridized carbons (Fsp3) is 0.600. The van der Waals surface area contributed by atoms with Gasteiger partial charge in [0, 0.05) is 37.0 Å². The van der Waals surface area contributed by atoms with Crippen LogP contribution in [0.1, 0.15) is 44.2 Å². The Labute approximate surface area is 169 Å². The Kier molecular flexibility index (Phi) is 7.16. The summed E-state index contributed by atoms with van der Waals surface area (Å²) < 4.78 is 0. The smallest absolute Gasteiger partial charge is 0.242 e. The van der Waals surface area contributed by atoms with E-state index in [2.05, 4.69) is 10.4 Å². The number of hydrogen-bond donors (Lipinski definition) is 3. The van der Waals surface area contributed by atoms with Crippen molar-refractivity contribution in [2.24, 2.45) is 11.8 Å². The summed E-state index contributed by atoms with van der Waals surface area (Å²) in [6.07, 6.45) is 7.19. The second kappa shape index (κ2) is 9.80. The number of aromatic nitrogens is 1. The number of hydrogen-bond acceptors (Lipinski definition) is 6. The highest BCUT2D eigenvalue weighted by Gasteiger charge is 2.38. The predicted molar refractivity (Wildman–Crippen MR) is 104 cm³/mol. The third kappa shape index (κ3) is 5.51. The standard InChI is InChI=1S/C20H28N4O5/c25-13-23(29)12-15(9-14-3-1-2-4-14)20(28)24-18(6-8-22-24)19(27)11-16-10-17(26)5-7-21-16/h5,7,10,13-15,18,22,29H,1-4,6,8-9,11-12H2,(H,21,26)/t15-,18+/m1/s1. The zero-order valence-corrected chi connectivity index (χ0v) is 16.4. The van der Waals surface area contributed by atoms with Crippen LogP contribution in [0.5, 0.6) is 0 Å². The first kappa shape index (κ1) is 21.2. The minimum absolute atomic E-state index is 0.0277. The Hall–Kier alpha value is -2.52. The number of hydrazine groups is 1. The molecule has 29 heavy (non-hydrogen) atoms. The minimum atomic E-state index is -0.638. The van der Waals surface area contributed by atoms with Gasteiger partial charge in [-0.25, -0.2) is 10.5 Å². The maximum atomic E-state index is 13.2. The summed E-state index contributed by atoms with van der Waals surface area (Å²) in [5.74, 6) is -0.642. The summed E-state index contributed by atoms with van der Waals surface area (Å²) in [5, 5.41) is 11.5. The summed E-state index contributed by atoms with van der Waals surface area (Å²) in [7, 11) is 0. The summed E-state index contributed by atoms with van der Waals surface area (Å²) >= 11 is 0. The van der Waals surface area contributed by atoms with E-state index >= 15 is 0 Å². The predicted octanol–water partition coefficient (Wildman–Crippen LogP) is 0.636. The van der Waals surface area contributed by atoms with E-state index in [1.165, 1.54) is 23.3 Å². The van der Waals surface area contributed by atoms with Crippen molar-refractivity contribution < 1.29 is 19.6 Å². The Morgan fingerprint density at radius 2 is 2.07 bits per heavy atom. The van der Waals surface area contributed by atoms with Crippen molar-refractivity contribution in [1.82, 2.24) is 20.5 Å². The van der Waals surface area contributed by atoms with E-state index in [9.17, 15) is 24.4 Å². The zero-order chi connectivity index (χ0) is 20.8. The lowest BCUT2D eigenvalue weighted by Gasteiger charge is -2.30. The normalized spacial score (nSPS) is 20.6. The van der Waals surface area contributed by atoms with Crippen LogP contribution in [-0.2, 0) is 20.8 Å². The molecular formula is C20H28N4O5. The Balaban J connectivity index is 1.70. The van der Waals surface area contributed by atoms with Crippen molar-refractivity contribution in [2.75, 3.05) is 13.1 Å². The third-order valence-corrected chi connectivity index (χ3v) is 5.79. The monoisotopic (exact) mass is 404 g/mol. The number of carbonyl (C=O) groups excluding carboxylic acids is 3. The fourth-order valence-electron chi connectivity index (χ4n) is 4.36. The highest BCUT2D eigenvalue weighted by molar-refractivity contribution is 5.91. The molecule has 0 radical (unpaired) electrons. The Morgan fingerprint density at radius 3 is 2.76 bits per heavy atom. The molecule has 2 amide bonds. The van der Waals surface area contributed by atoms with Gasteiger partial charge in [-0.2, -0.15) is 0 Å². The van der Waals surface area contributed by atoms with Crippen molar-refractivity contribution in [3.05, 3.63) is 34.2 Å². The van der Waals surface area contributed by atoms with Gasteiger partial charge in [-0.1, -0.05) is 25.7 Å². The molecule has 9 nitrogen and oxygen atoms in total. The molecule has 1 saturated heterocycles. The molecule has 2 fully saturated rings. The van der Waals surface area contributed by atoms with Crippen molar-refractivity contribution in [3.8, 4) is 0 Å². The number of pyridine rings is 1. The van der Waals surface area contributed by atoms with Gasteiger partial charge in [-0.05, 0) is 18.8 Å². The number of H-pyrrole nitrogens is 1. The van der Waals surface area contributed by atoms with Crippen molar-refractivity contribution in [2.45, 2.75) is 51.0 Å². The average Bonchev–Trinajstić information content (AvgIpc) is 3.38. The van der Waals surface area contributed by atoms with E-state index in [4.69, 9.17) is 0 Å². The van der Waals surface area contributed by atoms with E-state index in [-0.39, 0.29) is 30.1 Å². The highest BCUT2D eigenvalue weighted by atomic mass is 16.5. The summed E-state index contributed by atoms with van der Waals surface area (Å²) in [6, 6.07) is 2.12. The molecule has 1 aliphatic carbocycles. The maximum Gasteiger partial charge on any atom is 0.242 e. The molecule has 1 aromatic rings. The van der Waals surface area contributed by atoms with Crippen LogP contribution >= 0.6 is 0 Å². The number of nitrogens with zero attached hydrogens (tertiary/aromatic N) is 2. The molecule has 0 spiro atoms. The average molecular weight is 404 g/mol. The van der Waals surface area contributed by atoms with Gasteiger partial charge in [0.15, 0.2) is 11.2 Å². The molecule has 158 valence electrons. The minimum Gasteiger partial charge on any atom is -0.364 e. The van der Waals surface area contributed by atoms with Gasteiger partial charge in [0.1, 0.15) is 6.04 Å². The van der Waals surface area contributed by atoms with Gasteiger partial charge in [0.25, 0.3) is 0 Å². The maximum absolute atomic E-state index is 13.2. The molecule has 3 N–H and O–H groups in total. The molecule has 1 saturated carbocycles. The van der Waals surface area contributed by atoms with Crippen LogP contribution in [0.3, 0.4) is 0 Å². The lowest BCUT2D eigenvalue weighted by atomic mass is 9.91. The van der Waals surface area contributed by atoms with Crippen LogP contribution in [0.4, 0.5) is 0 Å². The molecule has 2 atom stereocenters.